The summed E-state index contributed by atoms with van der Waals surface area (Å²) < 4.78 is 0. The van der Waals surface area contributed by atoms with Crippen molar-refractivity contribution in [3.63, 3.8) is 0 Å². The van der Waals surface area contributed by atoms with Crippen LogP contribution in [-0.2, 0) is 4.79 Å². The topological polar surface area (TPSA) is 89.8 Å². The van der Waals surface area contributed by atoms with Gasteiger partial charge in [0.1, 0.15) is 0 Å². The van der Waals surface area contributed by atoms with E-state index in [0.29, 0.717) is 12.8 Å². The second-order valence-electron chi connectivity index (χ2n) is 19.6. The molecule has 3 atom stereocenters. The van der Waals surface area contributed by atoms with Crippen LogP contribution >= 0.6 is 0 Å². The van der Waals surface area contributed by atoms with E-state index in [-0.39, 0.29) is 18.9 Å². The first-order valence-electron chi connectivity index (χ1n) is 27.8. The molecule has 1 amide bonds. The predicted molar refractivity (Wildman–Crippen MR) is 264 cm³/mol. The van der Waals surface area contributed by atoms with E-state index in [2.05, 4.69) is 19.2 Å². The van der Waals surface area contributed by atoms with Gasteiger partial charge in [0.15, 0.2) is 0 Å². The molecule has 0 radical (unpaired) electrons. The van der Waals surface area contributed by atoms with E-state index in [1.165, 1.54) is 263 Å². The highest BCUT2D eigenvalue weighted by Gasteiger charge is 2.21. The van der Waals surface area contributed by atoms with E-state index in [9.17, 15) is 20.1 Å². The van der Waals surface area contributed by atoms with Gasteiger partial charge in [-0.1, -0.05) is 303 Å². The second kappa shape index (κ2) is 51.0. The van der Waals surface area contributed by atoms with Crippen molar-refractivity contribution in [1.82, 2.24) is 5.32 Å². The summed E-state index contributed by atoms with van der Waals surface area (Å²) in [6.07, 6.45) is 61.2. The number of aliphatic hydroxyl groups is 3. The molecule has 60 heavy (non-hydrogen) atoms. The monoisotopic (exact) mass is 850 g/mol. The van der Waals surface area contributed by atoms with Gasteiger partial charge in [-0.25, -0.2) is 0 Å². The summed E-state index contributed by atoms with van der Waals surface area (Å²) in [5.41, 5.74) is 0. The summed E-state index contributed by atoms with van der Waals surface area (Å²) in [5, 5.41) is 33.6. The highest BCUT2D eigenvalue weighted by atomic mass is 16.3. The number of carbonyl (C=O) groups is 1. The highest BCUT2D eigenvalue weighted by molar-refractivity contribution is 5.76. The minimum Gasteiger partial charge on any atom is -0.394 e. The summed E-state index contributed by atoms with van der Waals surface area (Å²) in [6.45, 7) is 4.30. The van der Waals surface area contributed by atoms with Crippen LogP contribution in [0.2, 0.25) is 0 Å². The van der Waals surface area contributed by atoms with Crippen LogP contribution < -0.4 is 5.32 Å². The Hall–Kier alpha value is -0.650. The van der Waals surface area contributed by atoms with Gasteiger partial charge < -0.3 is 20.6 Å². The number of hydrogen-bond acceptors (Lipinski definition) is 4. The van der Waals surface area contributed by atoms with Crippen LogP contribution in [0.4, 0.5) is 0 Å². The Kier molecular flexibility index (Phi) is 50.4. The van der Waals surface area contributed by atoms with Crippen LogP contribution in [0.25, 0.3) is 0 Å². The summed E-state index contributed by atoms with van der Waals surface area (Å²) in [7, 11) is 0. The molecule has 0 aromatic carbocycles. The lowest BCUT2D eigenvalue weighted by Crippen LogP contribution is -2.46. The molecule has 0 fully saturated rings. The van der Waals surface area contributed by atoms with Crippen LogP contribution in [-0.4, -0.2) is 46.1 Å². The Morgan fingerprint density at radius 1 is 0.350 bits per heavy atom. The van der Waals surface area contributed by atoms with E-state index < -0.39 is 18.2 Å². The smallest absolute Gasteiger partial charge is 0.222 e. The molecule has 360 valence electrons. The Morgan fingerprint density at radius 3 is 0.800 bits per heavy atom. The number of hydrogen-bond donors (Lipinski definition) is 4. The van der Waals surface area contributed by atoms with Gasteiger partial charge in [0.25, 0.3) is 0 Å². The fourth-order valence-corrected chi connectivity index (χ4v) is 9.17. The maximum Gasteiger partial charge on any atom is 0.222 e. The van der Waals surface area contributed by atoms with Gasteiger partial charge in [0, 0.05) is 0 Å². The van der Waals surface area contributed by atoms with E-state index in [4.69, 9.17) is 0 Å². The van der Waals surface area contributed by atoms with Crippen molar-refractivity contribution in [2.75, 3.05) is 6.61 Å². The van der Waals surface area contributed by atoms with Gasteiger partial charge in [-0.15, -0.1) is 0 Å². The molecule has 0 aliphatic carbocycles. The second-order valence-corrected chi connectivity index (χ2v) is 19.6. The van der Waals surface area contributed by atoms with E-state index in [1.807, 2.05) is 0 Å². The molecule has 0 spiro atoms. The molecule has 0 aliphatic rings. The van der Waals surface area contributed by atoms with Gasteiger partial charge >= 0.3 is 0 Å². The van der Waals surface area contributed by atoms with Gasteiger partial charge in [0.05, 0.1) is 31.3 Å². The zero-order valence-corrected chi connectivity index (χ0v) is 41.1. The zero-order chi connectivity index (χ0) is 43.7. The Morgan fingerprint density at radius 2 is 0.567 bits per heavy atom. The lowest BCUT2D eigenvalue weighted by atomic mass is 10.0. The third kappa shape index (κ3) is 46.8. The molecular formula is C55H111NO4. The first-order chi connectivity index (χ1) is 29.5. The van der Waals surface area contributed by atoms with Crippen molar-refractivity contribution in [2.45, 2.75) is 340 Å². The molecule has 0 bridgehead atoms. The predicted octanol–water partition coefficient (Wildman–Crippen LogP) is 16.9. The Balaban J connectivity index is 3.47. The first-order valence-corrected chi connectivity index (χ1v) is 27.8. The molecule has 0 saturated carbocycles. The van der Waals surface area contributed by atoms with Crippen LogP contribution in [0.5, 0.6) is 0 Å². The summed E-state index contributed by atoms with van der Waals surface area (Å²) in [6, 6.07) is -0.653. The van der Waals surface area contributed by atoms with Gasteiger partial charge in [-0.05, 0) is 12.8 Å². The Labute approximate surface area is 377 Å². The minimum absolute atomic E-state index is 0.0435. The van der Waals surface area contributed by atoms with Crippen LogP contribution in [0.1, 0.15) is 322 Å². The quantitative estimate of drug-likeness (QED) is 0.0459. The van der Waals surface area contributed by atoms with Crippen LogP contribution in [0, 0.1) is 0 Å². The van der Waals surface area contributed by atoms with Crippen molar-refractivity contribution >= 4 is 5.91 Å². The van der Waals surface area contributed by atoms with Gasteiger partial charge in [0.2, 0.25) is 5.91 Å². The fraction of sp³-hybridized carbons (Fsp3) is 0.982. The molecule has 0 aromatic rings. The largest absolute Gasteiger partial charge is 0.394 e. The average molecular weight is 850 g/mol. The molecular weight excluding hydrogens is 739 g/mol. The molecule has 0 heterocycles. The van der Waals surface area contributed by atoms with Crippen molar-refractivity contribution < 1.29 is 20.1 Å². The molecule has 0 rings (SSSR count). The van der Waals surface area contributed by atoms with Crippen molar-refractivity contribution in [3.05, 3.63) is 0 Å². The summed E-state index contributed by atoms with van der Waals surface area (Å²) in [5.74, 6) is -0.275. The van der Waals surface area contributed by atoms with Crippen molar-refractivity contribution in [1.29, 1.82) is 0 Å². The summed E-state index contributed by atoms with van der Waals surface area (Å²) >= 11 is 0. The van der Waals surface area contributed by atoms with Gasteiger partial charge in [-0.2, -0.15) is 0 Å². The molecule has 4 N–H and O–H groups in total. The molecule has 5 heteroatoms. The van der Waals surface area contributed by atoms with Gasteiger partial charge in [-0.3, -0.25) is 4.79 Å². The third-order valence-electron chi connectivity index (χ3n) is 13.4. The maximum atomic E-state index is 12.5. The molecule has 0 aromatic heterocycles. The van der Waals surface area contributed by atoms with Crippen molar-refractivity contribution in [3.8, 4) is 0 Å². The number of nitrogens with one attached hydrogen (secondary N) is 1. The molecule has 0 saturated heterocycles. The number of unbranched alkanes of at least 4 members (excludes halogenated alkanes) is 43. The van der Waals surface area contributed by atoms with E-state index in [0.717, 1.165) is 25.7 Å². The lowest BCUT2D eigenvalue weighted by Gasteiger charge is -2.23. The first kappa shape index (κ1) is 59.4. The number of aliphatic hydroxyl groups excluding tert-OH is 3. The Bertz CT molecular complexity index is 807. The highest BCUT2D eigenvalue weighted by Crippen LogP contribution is 2.18. The third-order valence-corrected chi connectivity index (χ3v) is 13.4. The number of amides is 1. The average Bonchev–Trinajstić information content (AvgIpc) is 3.24. The van der Waals surface area contributed by atoms with Crippen LogP contribution in [0.15, 0.2) is 0 Å². The normalized spacial score (nSPS) is 13.2. The van der Waals surface area contributed by atoms with Crippen LogP contribution in [0.3, 0.4) is 0 Å². The van der Waals surface area contributed by atoms with E-state index >= 15 is 0 Å². The standard InChI is InChI=1S/C55H111NO4/c1-3-5-7-9-11-13-15-17-19-21-22-23-24-25-26-27-28-29-30-31-33-34-36-38-40-42-44-46-48-52(58)50-55(60)56-53(51-57)54(59)49-47-45-43-41-39-37-35-32-20-18-16-14-12-10-8-6-4-2/h52-54,57-59H,3-51H2,1-2H3,(H,56,60). The maximum absolute atomic E-state index is 12.5. The molecule has 5 nitrogen and oxygen atoms in total. The molecule has 3 unspecified atom stereocenters. The summed E-state index contributed by atoms with van der Waals surface area (Å²) in [4.78, 5) is 12.5. The molecule has 0 aliphatic heterocycles. The SMILES string of the molecule is CCCCCCCCCCCCCCCCCCCCCCCCCCCCCCC(O)CC(=O)NC(CO)C(O)CCCCCCCCCCCCCCCCCCC. The number of rotatable bonds is 52. The minimum atomic E-state index is -0.745. The fourth-order valence-electron chi connectivity index (χ4n) is 9.17. The van der Waals surface area contributed by atoms with E-state index in [1.54, 1.807) is 0 Å². The lowest BCUT2D eigenvalue weighted by molar-refractivity contribution is -0.125. The van der Waals surface area contributed by atoms with Crippen molar-refractivity contribution in [2.24, 2.45) is 0 Å². The number of carbonyl (C=O) groups excluding carboxylic acids is 1. The zero-order valence-electron chi connectivity index (χ0n) is 41.1.